The lowest BCUT2D eigenvalue weighted by molar-refractivity contribution is 0.311. The highest BCUT2D eigenvalue weighted by Gasteiger charge is 2.37. The van der Waals surface area contributed by atoms with Crippen LogP contribution in [0.3, 0.4) is 0 Å². The third-order valence-electron chi connectivity index (χ3n) is 3.29. The van der Waals surface area contributed by atoms with Crippen LogP contribution in [0.2, 0.25) is 0 Å². The molecule has 0 radical (unpaired) electrons. The third kappa shape index (κ3) is 2.57. The molecule has 0 amide bonds. The summed E-state index contributed by atoms with van der Waals surface area (Å²) in [6, 6.07) is 6.10. The molecule has 104 valence electrons. The molecule has 1 atom stereocenters. The van der Waals surface area contributed by atoms with E-state index in [4.69, 9.17) is 10.9 Å². The van der Waals surface area contributed by atoms with Gasteiger partial charge in [-0.25, -0.2) is 8.42 Å². The molecule has 7 heteroatoms. The molecule has 1 aliphatic rings. The number of oxime groups is 1. The minimum absolute atomic E-state index is 0.0619. The highest BCUT2D eigenvalue weighted by molar-refractivity contribution is 7.89. The number of nitrogens with zero attached hydrogens (tertiary/aromatic N) is 2. The first-order chi connectivity index (χ1) is 8.96. The minimum Gasteiger partial charge on any atom is -0.409 e. The quantitative estimate of drug-likeness (QED) is 0.373. The fourth-order valence-corrected chi connectivity index (χ4v) is 3.90. The molecule has 1 saturated heterocycles. The number of sulfonamides is 1. The molecule has 0 spiro atoms. The maximum Gasteiger partial charge on any atom is 0.243 e. The van der Waals surface area contributed by atoms with Gasteiger partial charge in [0.1, 0.15) is 0 Å². The van der Waals surface area contributed by atoms with Gasteiger partial charge in [-0.15, -0.1) is 0 Å². The van der Waals surface area contributed by atoms with E-state index >= 15 is 0 Å². The normalized spacial score (nSPS) is 21.7. The standard InChI is InChI=1S/C12H17N3O3S/c1-9-4-6-10(7-5-9)19(17,18)15-8-2-3-11(15)12(13)14-16/h4-7,11,16H,2-3,8H2,1H3,(H2,13,14). The van der Waals surface area contributed by atoms with Crippen molar-refractivity contribution in [1.82, 2.24) is 4.31 Å². The Morgan fingerprint density at radius 2 is 2.05 bits per heavy atom. The smallest absolute Gasteiger partial charge is 0.243 e. The molecule has 2 rings (SSSR count). The molecule has 0 saturated carbocycles. The average Bonchev–Trinajstić information content (AvgIpc) is 2.88. The van der Waals surface area contributed by atoms with Crippen molar-refractivity contribution in [3.63, 3.8) is 0 Å². The van der Waals surface area contributed by atoms with E-state index in [1.54, 1.807) is 24.3 Å². The van der Waals surface area contributed by atoms with Crippen LogP contribution in [0, 0.1) is 6.92 Å². The summed E-state index contributed by atoms with van der Waals surface area (Å²) in [5, 5.41) is 11.7. The number of aryl methyl sites for hydroxylation is 1. The fraction of sp³-hybridized carbons (Fsp3) is 0.417. The maximum absolute atomic E-state index is 12.5. The lowest BCUT2D eigenvalue weighted by atomic mass is 10.2. The first-order valence-corrected chi connectivity index (χ1v) is 7.47. The average molecular weight is 283 g/mol. The van der Waals surface area contributed by atoms with Crippen molar-refractivity contribution in [2.24, 2.45) is 10.9 Å². The van der Waals surface area contributed by atoms with Crippen LogP contribution in [0.15, 0.2) is 34.3 Å². The highest BCUT2D eigenvalue weighted by atomic mass is 32.2. The van der Waals surface area contributed by atoms with E-state index in [1.807, 2.05) is 6.92 Å². The van der Waals surface area contributed by atoms with Crippen molar-refractivity contribution in [3.8, 4) is 0 Å². The minimum atomic E-state index is -3.60. The molecule has 1 heterocycles. The zero-order valence-corrected chi connectivity index (χ0v) is 11.5. The number of nitrogens with two attached hydrogens (primary N) is 1. The second-order valence-corrected chi connectivity index (χ2v) is 6.50. The lowest BCUT2D eigenvalue weighted by Gasteiger charge is -2.23. The van der Waals surface area contributed by atoms with E-state index < -0.39 is 16.1 Å². The molecule has 0 aromatic heterocycles. The highest BCUT2D eigenvalue weighted by Crippen LogP contribution is 2.26. The van der Waals surface area contributed by atoms with Gasteiger partial charge >= 0.3 is 0 Å². The van der Waals surface area contributed by atoms with Gasteiger partial charge in [0.05, 0.1) is 10.9 Å². The number of hydrogen-bond donors (Lipinski definition) is 2. The van der Waals surface area contributed by atoms with Crippen molar-refractivity contribution in [2.75, 3.05) is 6.54 Å². The van der Waals surface area contributed by atoms with E-state index in [9.17, 15) is 8.42 Å². The molecular formula is C12H17N3O3S. The van der Waals surface area contributed by atoms with Gasteiger partial charge in [-0.3, -0.25) is 0 Å². The molecule has 19 heavy (non-hydrogen) atoms. The summed E-state index contributed by atoms with van der Waals surface area (Å²) < 4.78 is 26.3. The van der Waals surface area contributed by atoms with Crippen molar-refractivity contribution >= 4 is 15.9 Å². The van der Waals surface area contributed by atoms with Gasteiger partial charge in [0.2, 0.25) is 10.0 Å². The summed E-state index contributed by atoms with van der Waals surface area (Å²) in [4.78, 5) is 0.232. The second kappa shape index (κ2) is 5.18. The Morgan fingerprint density at radius 3 is 2.63 bits per heavy atom. The number of rotatable bonds is 3. The van der Waals surface area contributed by atoms with Gasteiger partial charge in [0.25, 0.3) is 0 Å². The van der Waals surface area contributed by atoms with Crippen LogP contribution in [0.1, 0.15) is 18.4 Å². The van der Waals surface area contributed by atoms with Crippen molar-refractivity contribution < 1.29 is 13.6 Å². The Kier molecular flexibility index (Phi) is 3.77. The van der Waals surface area contributed by atoms with Crippen molar-refractivity contribution in [2.45, 2.75) is 30.7 Å². The zero-order chi connectivity index (χ0) is 14.0. The second-order valence-electron chi connectivity index (χ2n) is 4.61. The summed E-state index contributed by atoms with van der Waals surface area (Å²) in [6.07, 6.45) is 1.27. The number of benzene rings is 1. The first kappa shape index (κ1) is 13.8. The molecule has 3 N–H and O–H groups in total. The molecule has 0 bridgehead atoms. The lowest BCUT2D eigenvalue weighted by Crippen LogP contribution is -2.43. The molecule has 1 unspecified atom stereocenters. The molecule has 0 aliphatic carbocycles. The number of amidine groups is 1. The molecule has 1 aliphatic heterocycles. The van der Waals surface area contributed by atoms with E-state index in [0.29, 0.717) is 19.4 Å². The zero-order valence-electron chi connectivity index (χ0n) is 10.7. The van der Waals surface area contributed by atoms with Crippen molar-refractivity contribution in [3.05, 3.63) is 29.8 Å². The van der Waals surface area contributed by atoms with E-state index in [2.05, 4.69) is 5.16 Å². The van der Waals surface area contributed by atoms with Crippen LogP contribution in [-0.2, 0) is 10.0 Å². The Morgan fingerprint density at radius 1 is 1.42 bits per heavy atom. The number of hydrogen-bond acceptors (Lipinski definition) is 4. The third-order valence-corrected chi connectivity index (χ3v) is 5.21. The molecular weight excluding hydrogens is 266 g/mol. The van der Waals surface area contributed by atoms with E-state index in [0.717, 1.165) is 5.56 Å². The predicted octanol–water partition coefficient (Wildman–Crippen LogP) is 0.895. The monoisotopic (exact) mass is 283 g/mol. The molecule has 6 nitrogen and oxygen atoms in total. The van der Waals surface area contributed by atoms with Gasteiger partial charge < -0.3 is 10.9 Å². The molecule has 1 aromatic rings. The molecule has 1 aromatic carbocycles. The molecule has 1 fully saturated rings. The van der Waals surface area contributed by atoms with Crippen LogP contribution < -0.4 is 5.73 Å². The van der Waals surface area contributed by atoms with Gasteiger partial charge in [0, 0.05) is 6.54 Å². The summed E-state index contributed by atoms with van der Waals surface area (Å²) in [7, 11) is -3.60. The van der Waals surface area contributed by atoms with Crippen molar-refractivity contribution in [1.29, 1.82) is 0 Å². The summed E-state index contributed by atoms with van der Waals surface area (Å²) in [5.41, 5.74) is 6.56. The van der Waals surface area contributed by atoms with Gasteiger partial charge in [-0.1, -0.05) is 22.9 Å². The predicted molar refractivity (Wildman–Crippen MR) is 71.5 cm³/mol. The first-order valence-electron chi connectivity index (χ1n) is 6.03. The van der Waals surface area contributed by atoms with E-state index in [-0.39, 0.29) is 10.7 Å². The Balaban J connectivity index is 2.36. The Hall–Kier alpha value is -1.60. The van der Waals surface area contributed by atoms with E-state index in [1.165, 1.54) is 4.31 Å². The topological polar surface area (TPSA) is 96.0 Å². The van der Waals surface area contributed by atoms with Gasteiger partial charge in [-0.05, 0) is 31.9 Å². The van der Waals surface area contributed by atoms with Crippen LogP contribution in [0.5, 0.6) is 0 Å². The van der Waals surface area contributed by atoms with Gasteiger partial charge in [-0.2, -0.15) is 4.31 Å². The SMILES string of the molecule is Cc1ccc(S(=O)(=O)N2CCCC2C(N)=NO)cc1. The van der Waals surface area contributed by atoms with Crippen LogP contribution >= 0.6 is 0 Å². The summed E-state index contributed by atoms with van der Waals surface area (Å²) >= 11 is 0. The van der Waals surface area contributed by atoms with Crippen LogP contribution in [0.25, 0.3) is 0 Å². The van der Waals surface area contributed by atoms with Crippen LogP contribution in [-0.4, -0.2) is 36.4 Å². The summed E-state index contributed by atoms with van der Waals surface area (Å²) in [6.45, 7) is 2.28. The van der Waals surface area contributed by atoms with Gasteiger partial charge in [0.15, 0.2) is 5.84 Å². The maximum atomic E-state index is 12.5. The summed E-state index contributed by atoms with van der Waals surface area (Å²) in [5.74, 6) is -0.0619. The largest absolute Gasteiger partial charge is 0.409 e. The van der Waals surface area contributed by atoms with Crippen LogP contribution in [0.4, 0.5) is 0 Å². The fourth-order valence-electron chi connectivity index (χ4n) is 2.24. The Labute approximate surface area is 112 Å². The Bertz CT molecular complexity index is 581.